The van der Waals surface area contributed by atoms with Crippen molar-refractivity contribution in [2.75, 3.05) is 0 Å². The molecule has 56 valence electrons. The molecule has 0 spiro atoms. The zero-order chi connectivity index (χ0) is 8.27. The van der Waals surface area contributed by atoms with E-state index in [2.05, 4.69) is 0 Å². The van der Waals surface area contributed by atoms with Crippen LogP contribution in [0.15, 0.2) is 18.2 Å². The molecule has 1 rings (SSSR count). The van der Waals surface area contributed by atoms with Gasteiger partial charge in [-0.2, -0.15) is 0 Å². The smallest absolute Gasteiger partial charge is 0.123 e. The van der Waals surface area contributed by atoms with E-state index in [0.29, 0.717) is 6.32 Å². The van der Waals surface area contributed by atoms with Gasteiger partial charge in [0.05, 0.1) is 7.85 Å². The van der Waals surface area contributed by atoms with Crippen molar-refractivity contribution in [3.8, 4) is 0 Å². The van der Waals surface area contributed by atoms with Crippen LogP contribution in [0.3, 0.4) is 0 Å². The van der Waals surface area contributed by atoms with Crippen LogP contribution in [0.5, 0.6) is 0 Å². The summed E-state index contributed by atoms with van der Waals surface area (Å²) in [7, 11) is 5.43. The summed E-state index contributed by atoms with van der Waals surface area (Å²) < 4.78 is 12.6. The van der Waals surface area contributed by atoms with Gasteiger partial charge < -0.3 is 0 Å². The van der Waals surface area contributed by atoms with Crippen molar-refractivity contribution >= 4 is 7.85 Å². The minimum Gasteiger partial charge on any atom is -0.207 e. The Balaban J connectivity index is 3.06. The molecule has 0 saturated heterocycles. The highest BCUT2D eigenvalue weighted by atomic mass is 19.1. The lowest BCUT2D eigenvalue weighted by molar-refractivity contribution is 0.625. The predicted molar refractivity (Wildman–Crippen MR) is 45.2 cm³/mol. The fourth-order valence-electron chi connectivity index (χ4n) is 1.13. The monoisotopic (exact) mass is 148 g/mol. The standard InChI is InChI=1S/C9H10BF/c1-2-7-3-4-9(11)5-8(7)6-10/h3-5H,2,6H2,1H3. The lowest BCUT2D eigenvalue weighted by atomic mass is 9.92. The van der Waals surface area contributed by atoms with Gasteiger partial charge in [0.15, 0.2) is 0 Å². The molecule has 0 aliphatic carbocycles. The van der Waals surface area contributed by atoms with E-state index in [4.69, 9.17) is 7.85 Å². The van der Waals surface area contributed by atoms with E-state index < -0.39 is 0 Å². The molecule has 0 aliphatic heterocycles. The third kappa shape index (κ3) is 1.82. The third-order valence-electron chi connectivity index (χ3n) is 1.77. The van der Waals surface area contributed by atoms with Crippen molar-refractivity contribution < 1.29 is 4.39 Å². The van der Waals surface area contributed by atoms with Gasteiger partial charge in [-0.1, -0.05) is 24.9 Å². The highest BCUT2D eigenvalue weighted by molar-refractivity contribution is 6.08. The number of hydrogen-bond donors (Lipinski definition) is 0. The van der Waals surface area contributed by atoms with E-state index >= 15 is 0 Å². The predicted octanol–water partition coefficient (Wildman–Crippen LogP) is 2.06. The molecule has 0 aromatic heterocycles. The molecule has 0 heterocycles. The highest BCUT2D eigenvalue weighted by Crippen LogP contribution is 2.11. The Morgan fingerprint density at radius 3 is 2.64 bits per heavy atom. The Morgan fingerprint density at radius 2 is 2.09 bits per heavy atom. The van der Waals surface area contributed by atoms with Crippen LogP contribution in [0.4, 0.5) is 4.39 Å². The summed E-state index contributed by atoms with van der Waals surface area (Å²) in [5.74, 6) is -0.206. The molecule has 1 aromatic rings. The molecule has 0 bridgehead atoms. The van der Waals surface area contributed by atoms with Crippen LogP contribution >= 0.6 is 0 Å². The first-order chi connectivity index (χ1) is 5.27. The fourth-order valence-corrected chi connectivity index (χ4v) is 1.13. The van der Waals surface area contributed by atoms with Gasteiger partial charge >= 0.3 is 0 Å². The average Bonchev–Trinajstić information content (AvgIpc) is 2.04. The van der Waals surface area contributed by atoms with Crippen molar-refractivity contribution in [2.45, 2.75) is 19.7 Å². The van der Waals surface area contributed by atoms with Crippen LogP contribution in [0.1, 0.15) is 18.1 Å². The Labute approximate surface area is 67.8 Å². The Bertz CT molecular complexity index is 245. The van der Waals surface area contributed by atoms with Crippen molar-refractivity contribution in [3.63, 3.8) is 0 Å². The Hall–Kier alpha value is -0.785. The van der Waals surface area contributed by atoms with Crippen LogP contribution in [0.2, 0.25) is 0 Å². The summed E-state index contributed by atoms with van der Waals surface area (Å²) in [5, 5.41) is 0. The normalized spacial score (nSPS) is 10.0. The van der Waals surface area contributed by atoms with Crippen LogP contribution in [0.25, 0.3) is 0 Å². The lowest BCUT2D eigenvalue weighted by Gasteiger charge is -2.04. The first kappa shape index (κ1) is 8.31. The number of rotatable bonds is 2. The maximum atomic E-state index is 12.6. The summed E-state index contributed by atoms with van der Waals surface area (Å²) in [5.41, 5.74) is 2.04. The molecule has 0 fully saturated rings. The lowest BCUT2D eigenvalue weighted by Crippen LogP contribution is -1.93. The second-order valence-corrected chi connectivity index (χ2v) is 2.47. The molecule has 0 saturated carbocycles. The molecule has 0 amide bonds. The topological polar surface area (TPSA) is 0 Å². The summed E-state index contributed by atoms with van der Waals surface area (Å²) in [6.07, 6.45) is 1.33. The molecule has 1 aromatic carbocycles. The largest absolute Gasteiger partial charge is 0.207 e. The maximum absolute atomic E-state index is 12.6. The summed E-state index contributed by atoms with van der Waals surface area (Å²) in [6, 6.07) is 4.76. The number of aryl methyl sites for hydroxylation is 1. The van der Waals surface area contributed by atoms with Crippen LogP contribution in [0, 0.1) is 5.82 Å². The van der Waals surface area contributed by atoms with Crippen molar-refractivity contribution in [2.24, 2.45) is 0 Å². The molecular formula is C9H10BF. The maximum Gasteiger partial charge on any atom is 0.123 e. The third-order valence-corrected chi connectivity index (χ3v) is 1.77. The van der Waals surface area contributed by atoms with Gasteiger partial charge in [-0.25, -0.2) is 4.39 Å². The summed E-state index contributed by atoms with van der Waals surface area (Å²) in [4.78, 5) is 0. The van der Waals surface area contributed by atoms with Crippen molar-refractivity contribution in [3.05, 3.63) is 35.1 Å². The number of benzene rings is 1. The molecular weight excluding hydrogens is 138 g/mol. The van der Waals surface area contributed by atoms with Gasteiger partial charge in [0.2, 0.25) is 0 Å². The Morgan fingerprint density at radius 1 is 1.36 bits per heavy atom. The number of halogens is 1. The average molecular weight is 148 g/mol. The summed E-state index contributed by atoms with van der Waals surface area (Å²) in [6.45, 7) is 2.03. The van der Waals surface area contributed by atoms with Gasteiger partial charge in [-0.3, -0.25) is 0 Å². The minimum absolute atomic E-state index is 0.206. The number of hydrogen-bond acceptors (Lipinski definition) is 0. The molecule has 11 heavy (non-hydrogen) atoms. The Kier molecular flexibility index (Phi) is 2.69. The molecule has 0 atom stereocenters. The first-order valence-electron chi connectivity index (χ1n) is 3.75. The highest BCUT2D eigenvalue weighted by Gasteiger charge is 1.98. The fraction of sp³-hybridized carbons (Fsp3) is 0.333. The van der Waals surface area contributed by atoms with E-state index in [0.717, 1.165) is 17.5 Å². The zero-order valence-electron chi connectivity index (χ0n) is 6.60. The van der Waals surface area contributed by atoms with Crippen LogP contribution in [-0.2, 0) is 12.7 Å². The molecule has 0 aliphatic rings. The molecule has 2 heteroatoms. The van der Waals surface area contributed by atoms with E-state index in [1.54, 1.807) is 6.07 Å². The van der Waals surface area contributed by atoms with E-state index in [1.807, 2.05) is 6.92 Å². The summed E-state index contributed by atoms with van der Waals surface area (Å²) >= 11 is 0. The van der Waals surface area contributed by atoms with Gasteiger partial charge in [0.25, 0.3) is 0 Å². The van der Waals surface area contributed by atoms with E-state index in [9.17, 15) is 4.39 Å². The molecule has 0 unspecified atom stereocenters. The van der Waals surface area contributed by atoms with Gasteiger partial charge in [0.1, 0.15) is 5.82 Å². The second kappa shape index (κ2) is 3.56. The second-order valence-electron chi connectivity index (χ2n) is 2.47. The van der Waals surface area contributed by atoms with Crippen molar-refractivity contribution in [1.29, 1.82) is 0 Å². The van der Waals surface area contributed by atoms with Crippen LogP contribution < -0.4 is 0 Å². The SMILES string of the molecule is [B]Cc1cc(F)ccc1CC. The van der Waals surface area contributed by atoms with Gasteiger partial charge in [-0.05, 0) is 24.1 Å². The first-order valence-corrected chi connectivity index (χ1v) is 3.75. The van der Waals surface area contributed by atoms with Crippen LogP contribution in [-0.4, -0.2) is 7.85 Å². The molecule has 0 N–H and O–H groups in total. The quantitative estimate of drug-likeness (QED) is 0.563. The van der Waals surface area contributed by atoms with Gasteiger partial charge in [0, 0.05) is 0 Å². The van der Waals surface area contributed by atoms with Gasteiger partial charge in [-0.15, -0.1) is 0 Å². The molecule has 2 radical (unpaired) electrons. The zero-order valence-corrected chi connectivity index (χ0v) is 6.60. The van der Waals surface area contributed by atoms with Crippen molar-refractivity contribution in [1.82, 2.24) is 0 Å². The van der Waals surface area contributed by atoms with E-state index in [1.165, 1.54) is 12.1 Å². The molecule has 0 nitrogen and oxygen atoms in total. The van der Waals surface area contributed by atoms with E-state index in [-0.39, 0.29) is 5.82 Å². The minimum atomic E-state index is -0.206.